The van der Waals surface area contributed by atoms with Crippen molar-refractivity contribution >= 4 is 5.97 Å². The molecule has 0 fully saturated rings. The van der Waals surface area contributed by atoms with Crippen molar-refractivity contribution in [2.45, 2.75) is 33.4 Å². The minimum Gasteiger partial charge on any atom is -0.475 e. The molecule has 0 saturated carbocycles. The van der Waals surface area contributed by atoms with E-state index >= 15 is 0 Å². The molecule has 1 aromatic rings. The van der Waals surface area contributed by atoms with Crippen molar-refractivity contribution in [1.29, 1.82) is 0 Å². The number of aryl methyl sites for hydroxylation is 1. The number of rotatable bonds is 6. The minimum absolute atomic E-state index is 0.0368. The SMILES string of the molecule is Cc1oc(C(=O)O)cc1CN(CCO)C(C)C. The summed E-state index contributed by atoms with van der Waals surface area (Å²) in [6.07, 6.45) is 0. The van der Waals surface area contributed by atoms with E-state index < -0.39 is 5.97 Å². The second kappa shape index (κ2) is 5.84. The number of aliphatic hydroxyl groups excluding tert-OH is 1. The van der Waals surface area contributed by atoms with Crippen molar-refractivity contribution in [1.82, 2.24) is 4.90 Å². The minimum atomic E-state index is -1.06. The molecule has 1 heterocycles. The van der Waals surface area contributed by atoms with Crippen LogP contribution in [0, 0.1) is 6.92 Å². The standard InChI is InChI=1S/C12H19NO4/c1-8(2)13(4-5-14)7-10-6-11(12(15)16)17-9(10)3/h6,8,14H,4-5,7H2,1-3H3,(H,15,16). The van der Waals surface area contributed by atoms with Crippen LogP contribution >= 0.6 is 0 Å². The molecule has 0 saturated heterocycles. The molecule has 0 unspecified atom stereocenters. The Hall–Kier alpha value is -1.33. The van der Waals surface area contributed by atoms with Crippen LogP contribution in [-0.2, 0) is 6.54 Å². The van der Waals surface area contributed by atoms with Crippen molar-refractivity contribution in [3.63, 3.8) is 0 Å². The van der Waals surface area contributed by atoms with E-state index in [4.69, 9.17) is 14.6 Å². The van der Waals surface area contributed by atoms with Gasteiger partial charge in [0.2, 0.25) is 5.76 Å². The molecular weight excluding hydrogens is 222 g/mol. The van der Waals surface area contributed by atoms with Crippen LogP contribution in [0.2, 0.25) is 0 Å². The maximum absolute atomic E-state index is 10.8. The molecule has 2 N–H and O–H groups in total. The number of aromatic carboxylic acids is 1. The molecule has 0 amide bonds. The first-order valence-corrected chi connectivity index (χ1v) is 5.63. The van der Waals surface area contributed by atoms with Gasteiger partial charge in [0.05, 0.1) is 6.61 Å². The van der Waals surface area contributed by atoms with Gasteiger partial charge in [-0.3, -0.25) is 4.90 Å². The topological polar surface area (TPSA) is 73.9 Å². The van der Waals surface area contributed by atoms with E-state index in [1.165, 1.54) is 0 Å². The van der Waals surface area contributed by atoms with E-state index in [2.05, 4.69) is 4.90 Å². The van der Waals surface area contributed by atoms with Gasteiger partial charge >= 0.3 is 5.97 Å². The lowest BCUT2D eigenvalue weighted by molar-refractivity contribution is 0.0661. The summed E-state index contributed by atoms with van der Waals surface area (Å²) in [6, 6.07) is 1.83. The molecule has 0 aliphatic heterocycles. The third kappa shape index (κ3) is 3.57. The van der Waals surface area contributed by atoms with Gasteiger partial charge in [0.1, 0.15) is 5.76 Å². The van der Waals surface area contributed by atoms with Crippen LogP contribution in [0.1, 0.15) is 35.7 Å². The Morgan fingerprint density at radius 1 is 1.53 bits per heavy atom. The Morgan fingerprint density at radius 3 is 2.59 bits per heavy atom. The average Bonchev–Trinajstić information content (AvgIpc) is 2.59. The number of hydrogen-bond donors (Lipinski definition) is 2. The van der Waals surface area contributed by atoms with Crippen LogP contribution in [0.5, 0.6) is 0 Å². The zero-order valence-corrected chi connectivity index (χ0v) is 10.4. The van der Waals surface area contributed by atoms with Crippen LogP contribution < -0.4 is 0 Å². The molecule has 0 radical (unpaired) electrons. The predicted octanol–water partition coefficient (Wildman–Crippen LogP) is 1.49. The highest BCUT2D eigenvalue weighted by Gasteiger charge is 2.16. The highest BCUT2D eigenvalue weighted by atomic mass is 16.4. The zero-order chi connectivity index (χ0) is 13.0. The molecular formula is C12H19NO4. The molecule has 0 bridgehead atoms. The normalized spacial score (nSPS) is 11.4. The van der Waals surface area contributed by atoms with E-state index in [1.807, 2.05) is 13.8 Å². The number of carboxylic acids is 1. The van der Waals surface area contributed by atoms with Crippen molar-refractivity contribution in [3.05, 3.63) is 23.2 Å². The Morgan fingerprint density at radius 2 is 2.18 bits per heavy atom. The van der Waals surface area contributed by atoms with Gasteiger partial charge < -0.3 is 14.6 Å². The van der Waals surface area contributed by atoms with E-state index in [-0.39, 0.29) is 18.4 Å². The number of nitrogens with zero attached hydrogens (tertiary/aromatic N) is 1. The second-order valence-corrected chi connectivity index (χ2v) is 4.29. The third-order valence-electron chi connectivity index (χ3n) is 2.72. The smallest absolute Gasteiger partial charge is 0.371 e. The van der Waals surface area contributed by atoms with Crippen LogP contribution in [-0.4, -0.2) is 40.3 Å². The van der Waals surface area contributed by atoms with Crippen LogP contribution in [0.15, 0.2) is 10.5 Å². The van der Waals surface area contributed by atoms with E-state index in [9.17, 15) is 4.79 Å². The first kappa shape index (κ1) is 13.7. The molecule has 5 heteroatoms. The molecule has 17 heavy (non-hydrogen) atoms. The second-order valence-electron chi connectivity index (χ2n) is 4.29. The van der Waals surface area contributed by atoms with Crippen LogP contribution in [0.25, 0.3) is 0 Å². The van der Waals surface area contributed by atoms with Gasteiger partial charge in [-0.25, -0.2) is 4.79 Å². The molecule has 96 valence electrons. The molecule has 0 aliphatic rings. The van der Waals surface area contributed by atoms with E-state index in [1.54, 1.807) is 13.0 Å². The summed E-state index contributed by atoms with van der Waals surface area (Å²) in [5.41, 5.74) is 0.851. The highest BCUT2D eigenvalue weighted by Crippen LogP contribution is 2.17. The van der Waals surface area contributed by atoms with Gasteiger partial charge in [0.15, 0.2) is 0 Å². The summed E-state index contributed by atoms with van der Waals surface area (Å²) in [6.45, 7) is 7.04. The number of carbonyl (C=O) groups is 1. The fraction of sp³-hybridized carbons (Fsp3) is 0.583. The summed E-state index contributed by atoms with van der Waals surface area (Å²) < 4.78 is 5.15. The lowest BCUT2D eigenvalue weighted by atomic mass is 10.2. The fourth-order valence-corrected chi connectivity index (χ4v) is 1.65. The monoisotopic (exact) mass is 241 g/mol. The Kier molecular flexibility index (Phi) is 4.72. The van der Waals surface area contributed by atoms with Gasteiger partial charge in [-0.05, 0) is 26.8 Å². The van der Waals surface area contributed by atoms with Gasteiger partial charge in [-0.1, -0.05) is 0 Å². The van der Waals surface area contributed by atoms with Gasteiger partial charge in [0, 0.05) is 24.7 Å². The summed E-state index contributed by atoms with van der Waals surface area (Å²) in [4.78, 5) is 12.8. The molecule has 0 spiro atoms. The summed E-state index contributed by atoms with van der Waals surface area (Å²) in [7, 11) is 0. The molecule has 0 aliphatic carbocycles. The van der Waals surface area contributed by atoms with Gasteiger partial charge in [0.25, 0.3) is 0 Å². The summed E-state index contributed by atoms with van der Waals surface area (Å²) in [5, 5.41) is 17.8. The van der Waals surface area contributed by atoms with Crippen molar-refractivity contribution < 1.29 is 19.4 Å². The van der Waals surface area contributed by atoms with Crippen molar-refractivity contribution in [2.75, 3.05) is 13.2 Å². The first-order chi connectivity index (χ1) is 7.95. The van der Waals surface area contributed by atoms with E-state index in [0.717, 1.165) is 5.56 Å². The molecule has 1 rings (SSSR count). The molecule has 0 aromatic carbocycles. The van der Waals surface area contributed by atoms with Gasteiger partial charge in [-0.2, -0.15) is 0 Å². The average molecular weight is 241 g/mol. The molecule has 1 aromatic heterocycles. The quantitative estimate of drug-likeness (QED) is 0.789. The first-order valence-electron chi connectivity index (χ1n) is 5.63. The fourth-order valence-electron chi connectivity index (χ4n) is 1.65. The third-order valence-corrected chi connectivity index (χ3v) is 2.72. The van der Waals surface area contributed by atoms with E-state index in [0.29, 0.717) is 18.8 Å². The predicted molar refractivity (Wildman–Crippen MR) is 63.0 cm³/mol. The largest absolute Gasteiger partial charge is 0.475 e. The maximum atomic E-state index is 10.8. The Bertz CT molecular complexity index is 384. The maximum Gasteiger partial charge on any atom is 0.371 e. The summed E-state index contributed by atoms with van der Waals surface area (Å²) in [5.74, 6) is -0.478. The Labute approximate surface area is 101 Å². The lowest BCUT2D eigenvalue weighted by Crippen LogP contribution is -2.32. The number of aliphatic hydroxyl groups is 1. The highest BCUT2D eigenvalue weighted by molar-refractivity contribution is 5.84. The number of hydrogen-bond acceptors (Lipinski definition) is 4. The molecule has 5 nitrogen and oxygen atoms in total. The number of furan rings is 1. The molecule has 0 atom stereocenters. The van der Waals surface area contributed by atoms with Gasteiger partial charge in [-0.15, -0.1) is 0 Å². The van der Waals surface area contributed by atoms with Crippen LogP contribution in [0.4, 0.5) is 0 Å². The van der Waals surface area contributed by atoms with Crippen LogP contribution in [0.3, 0.4) is 0 Å². The summed E-state index contributed by atoms with van der Waals surface area (Å²) >= 11 is 0. The number of carboxylic acid groups (broad SMARTS) is 1. The van der Waals surface area contributed by atoms with Crippen molar-refractivity contribution in [3.8, 4) is 0 Å². The Balaban J connectivity index is 2.82. The lowest BCUT2D eigenvalue weighted by Gasteiger charge is -2.25. The van der Waals surface area contributed by atoms with Crippen molar-refractivity contribution in [2.24, 2.45) is 0 Å². The zero-order valence-electron chi connectivity index (χ0n) is 10.4.